The molecule has 1 fully saturated rings. The first kappa shape index (κ1) is 33.2. The molecule has 0 saturated carbocycles. The molecule has 246 valence electrons. The number of allylic oxidation sites excluding steroid dienone is 1. The smallest absolute Gasteiger partial charge is 0.410 e. The van der Waals surface area contributed by atoms with Gasteiger partial charge in [0.1, 0.15) is 11.4 Å². The van der Waals surface area contributed by atoms with Crippen molar-refractivity contribution in [3.8, 4) is 11.1 Å². The van der Waals surface area contributed by atoms with Gasteiger partial charge in [0.05, 0.1) is 0 Å². The minimum atomic E-state index is -0.934. The van der Waals surface area contributed by atoms with Gasteiger partial charge in [-0.2, -0.15) is 0 Å². The Bertz CT molecular complexity index is 1700. The van der Waals surface area contributed by atoms with E-state index in [1.165, 1.54) is 0 Å². The Kier molecular flexibility index (Phi) is 9.31. The summed E-state index contributed by atoms with van der Waals surface area (Å²) in [5.41, 5.74) is 6.53. The highest BCUT2D eigenvalue weighted by Crippen LogP contribution is 2.34. The van der Waals surface area contributed by atoms with Crippen LogP contribution in [0.25, 0.3) is 22.0 Å². The van der Waals surface area contributed by atoms with Gasteiger partial charge in [-0.15, -0.1) is 0 Å². The lowest BCUT2D eigenvalue weighted by molar-refractivity contribution is 0.0218. The molecule has 2 N–H and O–H groups in total. The van der Waals surface area contributed by atoms with E-state index < -0.39 is 11.8 Å². The molecule has 0 spiro atoms. The summed E-state index contributed by atoms with van der Waals surface area (Å²) in [6, 6.07) is 8.39. The van der Waals surface area contributed by atoms with Crippen molar-refractivity contribution in [3.63, 3.8) is 0 Å². The number of aryl methyl sites for hydroxylation is 1. The Morgan fingerprint density at radius 2 is 1.85 bits per heavy atom. The van der Waals surface area contributed by atoms with E-state index >= 15 is 0 Å². The molecule has 5 rings (SSSR count). The molecule has 2 aliphatic heterocycles. The third kappa shape index (κ3) is 6.97. The SMILES string of the molecule is CC1=NC(O)C(CNC(=O)c2cc(-c3ccc(N4CCN(C(=O)OC(C)(C)C)CC4C)nc3)cc3c2c(C)cn3C(C)C)=C(C)C1. The molecule has 4 heterocycles. The zero-order valence-electron chi connectivity index (χ0n) is 28.6. The largest absolute Gasteiger partial charge is 0.444 e. The van der Waals surface area contributed by atoms with Crippen molar-refractivity contribution in [2.24, 2.45) is 4.99 Å². The van der Waals surface area contributed by atoms with Crippen LogP contribution >= 0.6 is 0 Å². The molecule has 0 aliphatic carbocycles. The van der Waals surface area contributed by atoms with E-state index in [2.05, 4.69) is 52.8 Å². The van der Waals surface area contributed by atoms with Crippen LogP contribution in [0, 0.1) is 6.92 Å². The molecule has 1 saturated heterocycles. The van der Waals surface area contributed by atoms with E-state index in [0.29, 0.717) is 31.6 Å². The number of benzene rings is 1. The number of aliphatic hydroxyl groups excluding tert-OH is 1. The predicted octanol–water partition coefficient (Wildman–Crippen LogP) is 6.27. The van der Waals surface area contributed by atoms with Gasteiger partial charge in [-0.3, -0.25) is 9.79 Å². The van der Waals surface area contributed by atoms with E-state index in [0.717, 1.165) is 50.3 Å². The Hall–Kier alpha value is -4.18. The molecule has 3 aromatic rings. The summed E-state index contributed by atoms with van der Waals surface area (Å²) in [4.78, 5) is 39.6. The average Bonchev–Trinajstić information content (AvgIpc) is 3.31. The summed E-state index contributed by atoms with van der Waals surface area (Å²) >= 11 is 0. The Balaban J connectivity index is 1.41. The Morgan fingerprint density at radius 1 is 1.11 bits per heavy atom. The van der Waals surface area contributed by atoms with E-state index in [-0.39, 0.29) is 30.6 Å². The van der Waals surface area contributed by atoms with Crippen molar-refractivity contribution in [1.82, 2.24) is 19.8 Å². The van der Waals surface area contributed by atoms with E-state index in [1.54, 1.807) is 4.90 Å². The number of hydrogen-bond acceptors (Lipinski definition) is 7. The Labute approximate surface area is 272 Å². The van der Waals surface area contributed by atoms with Crippen molar-refractivity contribution in [1.29, 1.82) is 0 Å². The normalized spacial score (nSPS) is 19.2. The minimum Gasteiger partial charge on any atom is -0.444 e. The summed E-state index contributed by atoms with van der Waals surface area (Å²) in [5.74, 6) is 0.643. The van der Waals surface area contributed by atoms with Gasteiger partial charge in [0.2, 0.25) is 0 Å². The fraction of sp³-hybridized carbons (Fsp3) is 0.500. The number of dihydropyridines is 1. The summed E-state index contributed by atoms with van der Waals surface area (Å²) in [7, 11) is 0. The van der Waals surface area contributed by atoms with Crippen LogP contribution in [0.3, 0.4) is 0 Å². The zero-order chi connectivity index (χ0) is 33.5. The number of anilines is 1. The summed E-state index contributed by atoms with van der Waals surface area (Å²) in [6.45, 7) is 19.9. The van der Waals surface area contributed by atoms with Crippen LogP contribution in [0.2, 0.25) is 0 Å². The third-order valence-electron chi connectivity index (χ3n) is 8.74. The lowest BCUT2D eigenvalue weighted by Gasteiger charge is -2.40. The van der Waals surface area contributed by atoms with Gasteiger partial charge in [0, 0.05) is 84.8 Å². The number of pyridine rings is 1. The maximum absolute atomic E-state index is 13.8. The molecule has 0 radical (unpaired) electrons. The molecule has 46 heavy (non-hydrogen) atoms. The fourth-order valence-corrected chi connectivity index (χ4v) is 6.44. The number of rotatable bonds is 6. The highest BCUT2D eigenvalue weighted by atomic mass is 16.6. The molecule has 0 bridgehead atoms. The monoisotopic (exact) mass is 628 g/mol. The maximum atomic E-state index is 13.8. The molecular formula is C36H48N6O4. The number of amides is 2. The van der Waals surface area contributed by atoms with Crippen molar-refractivity contribution in [3.05, 3.63) is 58.9 Å². The van der Waals surface area contributed by atoms with E-state index in [1.807, 2.05) is 65.9 Å². The van der Waals surface area contributed by atoms with Crippen molar-refractivity contribution < 1.29 is 19.4 Å². The molecular weight excluding hydrogens is 580 g/mol. The number of aromatic nitrogens is 2. The first-order valence-electron chi connectivity index (χ1n) is 16.2. The number of fused-ring (bicyclic) bond motifs is 1. The van der Waals surface area contributed by atoms with Gasteiger partial charge >= 0.3 is 6.09 Å². The average molecular weight is 629 g/mol. The number of aliphatic hydroxyl groups is 1. The lowest BCUT2D eigenvalue weighted by atomic mass is 9.97. The van der Waals surface area contributed by atoms with Crippen LogP contribution in [0.4, 0.5) is 10.6 Å². The molecule has 10 nitrogen and oxygen atoms in total. The molecule has 2 aliphatic rings. The molecule has 2 aromatic heterocycles. The second kappa shape index (κ2) is 12.9. The van der Waals surface area contributed by atoms with Gasteiger partial charge in [-0.05, 0) is 103 Å². The van der Waals surface area contributed by atoms with Crippen LogP contribution in [0.5, 0.6) is 0 Å². The molecule has 2 unspecified atom stereocenters. The second-order valence-corrected chi connectivity index (χ2v) is 14.0. The number of carbonyl (C=O) groups is 2. The van der Waals surface area contributed by atoms with Gasteiger partial charge < -0.3 is 29.5 Å². The van der Waals surface area contributed by atoms with Crippen LogP contribution in [0.15, 0.2) is 52.8 Å². The highest BCUT2D eigenvalue weighted by molar-refractivity contribution is 6.09. The number of carbonyl (C=O) groups excluding carboxylic acids is 2. The number of hydrogen-bond donors (Lipinski definition) is 2. The minimum absolute atomic E-state index is 0.0691. The van der Waals surface area contributed by atoms with Gasteiger partial charge in [-0.25, -0.2) is 9.78 Å². The Morgan fingerprint density at radius 3 is 2.46 bits per heavy atom. The molecule has 2 atom stereocenters. The van der Waals surface area contributed by atoms with Crippen molar-refractivity contribution in [2.45, 2.75) is 92.6 Å². The first-order valence-corrected chi connectivity index (χ1v) is 16.2. The van der Waals surface area contributed by atoms with E-state index in [4.69, 9.17) is 9.72 Å². The van der Waals surface area contributed by atoms with Gasteiger partial charge in [-0.1, -0.05) is 5.57 Å². The van der Waals surface area contributed by atoms with Crippen LogP contribution < -0.4 is 10.2 Å². The van der Waals surface area contributed by atoms with Crippen LogP contribution in [0.1, 0.15) is 83.8 Å². The zero-order valence-corrected chi connectivity index (χ0v) is 28.6. The van der Waals surface area contributed by atoms with Gasteiger partial charge in [0.15, 0.2) is 6.23 Å². The first-order chi connectivity index (χ1) is 21.6. The third-order valence-corrected chi connectivity index (χ3v) is 8.74. The van der Waals surface area contributed by atoms with Crippen molar-refractivity contribution >= 4 is 34.4 Å². The molecule has 10 heteroatoms. The fourth-order valence-electron chi connectivity index (χ4n) is 6.44. The summed E-state index contributed by atoms with van der Waals surface area (Å²) in [6.07, 6.45) is 3.43. The van der Waals surface area contributed by atoms with Crippen LogP contribution in [-0.4, -0.2) is 81.3 Å². The number of ether oxygens (including phenoxy) is 1. The molecule has 1 aromatic carbocycles. The second-order valence-electron chi connectivity index (χ2n) is 14.0. The quantitative estimate of drug-likeness (QED) is 0.312. The standard InChI is InChI=1S/C36H48N6O4/c1-21(2)42-19-23(4)32-28(33(43)38-18-29-22(3)14-24(5)39-34(29)44)15-27(16-30(32)42)26-10-11-31(37-17-26)41-13-12-40(20-25(41)6)35(45)46-36(7,8)9/h10-11,15-17,19,21,25,34,44H,12-14,18,20H2,1-9H3,(H,38,43). The van der Waals surface area contributed by atoms with Crippen LogP contribution in [-0.2, 0) is 4.74 Å². The number of piperazine rings is 1. The summed E-state index contributed by atoms with van der Waals surface area (Å²) in [5, 5.41) is 14.5. The molecule has 2 amide bonds. The van der Waals surface area contributed by atoms with Crippen molar-refractivity contribution in [2.75, 3.05) is 31.1 Å². The number of nitrogens with zero attached hydrogens (tertiary/aromatic N) is 5. The predicted molar refractivity (Wildman–Crippen MR) is 184 cm³/mol. The van der Waals surface area contributed by atoms with Gasteiger partial charge in [0.25, 0.3) is 5.91 Å². The lowest BCUT2D eigenvalue weighted by Crippen LogP contribution is -2.54. The summed E-state index contributed by atoms with van der Waals surface area (Å²) < 4.78 is 7.78. The number of aliphatic imine (C=N–C) groups is 1. The van der Waals surface area contributed by atoms with E-state index in [9.17, 15) is 14.7 Å². The highest BCUT2D eigenvalue weighted by Gasteiger charge is 2.30. The topological polar surface area (TPSA) is 112 Å². The number of nitrogens with one attached hydrogen (secondary N) is 1. The maximum Gasteiger partial charge on any atom is 0.410 e.